The zero-order valence-electron chi connectivity index (χ0n) is 44.6. The number of carbonyl (C=O) groups excluding carboxylic acids is 3. The minimum Gasteiger partial charge on any atom is -0.397 e. The molecule has 3 amide bonds. The molecule has 0 aliphatic carbocycles. The second-order valence-corrected chi connectivity index (χ2v) is 22.6. The number of imidazole rings is 1. The van der Waals surface area contributed by atoms with Crippen molar-refractivity contribution in [2.24, 2.45) is 5.41 Å². The van der Waals surface area contributed by atoms with Gasteiger partial charge in [-0.2, -0.15) is 0 Å². The first-order valence-corrected chi connectivity index (χ1v) is 27.6. The van der Waals surface area contributed by atoms with E-state index in [1.54, 1.807) is 24.5 Å². The van der Waals surface area contributed by atoms with Gasteiger partial charge in [0.05, 0.1) is 38.2 Å². The van der Waals surface area contributed by atoms with Gasteiger partial charge in [0.2, 0.25) is 17.7 Å². The number of H-pyrrole nitrogens is 2. The van der Waals surface area contributed by atoms with Crippen LogP contribution < -0.4 is 32.1 Å². The fraction of sp³-hybridized carbons (Fsp3) is 0.317. The molecule has 15 nitrogen and oxygen atoms in total. The number of nitrogens with two attached hydrogens (primary N) is 1. The van der Waals surface area contributed by atoms with Gasteiger partial charge in [0.25, 0.3) is 5.56 Å². The minimum absolute atomic E-state index is 0.0349. The number of aromatic amines is 2. The van der Waals surface area contributed by atoms with E-state index < -0.39 is 27.8 Å². The number of thiol groups is 1. The van der Waals surface area contributed by atoms with Gasteiger partial charge in [-0.15, -0.1) is 24.0 Å². The topological polar surface area (TPSA) is 194 Å². The molecular weight excluding hydrogens is 1020 g/mol. The number of carbonyl (C=O) groups is 3. The van der Waals surface area contributed by atoms with E-state index in [4.69, 9.17) is 23.1 Å². The number of nitrogens with one attached hydrogen (secondary N) is 5. The maximum atomic E-state index is 14.7. The molecule has 1 unspecified atom stereocenters. The lowest BCUT2D eigenvalue weighted by molar-refractivity contribution is -0.126. The van der Waals surface area contributed by atoms with Crippen molar-refractivity contribution in [2.45, 2.75) is 57.6 Å². The van der Waals surface area contributed by atoms with Gasteiger partial charge >= 0.3 is 0 Å². The third-order valence-electron chi connectivity index (χ3n) is 14.6. The molecule has 0 spiro atoms. The number of hydrogen-bond acceptors (Lipinski definition) is 12. The molecule has 1 aliphatic heterocycles. The maximum absolute atomic E-state index is 14.7. The zero-order valence-corrected chi connectivity index (χ0v) is 46.3. The Morgan fingerprint density at radius 2 is 1.62 bits per heavy atom. The molecule has 0 saturated carbocycles. The molecule has 0 bridgehead atoms. The fourth-order valence-corrected chi connectivity index (χ4v) is 11.0. The van der Waals surface area contributed by atoms with Gasteiger partial charge in [0.1, 0.15) is 28.2 Å². The highest BCUT2D eigenvalue weighted by atomic mass is 32.1. The summed E-state index contributed by atoms with van der Waals surface area (Å²) in [5, 5.41) is 11.2. The standard InChI is InChI=1S/C60H67FN10O5S2/c1-59(2,58(75)68-47-24-34-78-54(47)42-14-9-13-41(35-42)39-19-17-38(18-20-39)37-69(5)53(57(74)63-4)40-11-7-6-8-12-40)26-33-76-60(3,77)25-23-49(72)64-27-28-70-29-31-71(32-30-70)43-21-22-45-48(36-43)66-55(65-45)51-52(62)50-44(61)15-10-16-46(50)67-56(51)73/h6-22,24,34-36,53,77H,23,25-33,37H2,1-5H3,(H,63,74)(H,64,72)(H,65,66)(H,68,75)(H3,62,67,73)/t53-,60?/m1/s1. The van der Waals surface area contributed by atoms with Gasteiger partial charge < -0.3 is 41.3 Å². The summed E-state index contributed by atoms with van der Waals surface area (Å²) in [6.45, 7) is 10.9. The number of benzene rings is 5. The van der Waals surface area contributed by atoms with Crippen molar-refractivity contribution in [3.8, 4) is 33.0 Å². The van der Waals surface area contributed by atoms with Gasteiger partial charge in [-0.25, -0.2) is 9.37 Å². The van der Waals surface area contributed by atoms with E-state index in [0.717, 1.165) is 75.8 Å². The van der Waals surface area contributed by atoms with Crippen molar-refractivity contribution < 1.29 is 23.5 Å². The Kier molecular flexibility index (Phi) is 17.1. The van der Waals surface area contributed by atoms with Crippen LogP contribution in [0.2, 0.25) is 0 Å². The number of rotatable bonds is 21. The van der Waals surface area contributed by atoms with Crippen LogP contribution in [0.25, 0.3) is 54.9 Å². The summed E-state index contributed by atoms with van der Waals surface area (Å²) in [5.74, 6) is -0.503. The molecule has 5 aromatic carbocycles. The number of anilines is 3. The quantitative estimate of drug-likeness (QED) is 0.0269. The molecule has 1 aliphatic rings. The highest BCUT2D eigenvalue weighted by molar-refractivity contribution is 7.81. The first kappa shape index (κ1) is 55.4. The van der Waals surface area contributed by atoms with Crippen molar-refractivity contribution in [1.29, 1.82) is 0 Å². The lowest BCUT2D eigenvalue weighted by Gasteiger charge is -2.36. The van der Waals surface area contributed by atoms with Crippen LogP contribution in [0.3, 0.4) is 0 Å². The number of halogens is 1. The van der Waals surface area contributed by atoms with E-state index in [0.29, 0.717) is 43.5 Å². The number of pyridine rings is 1. The number of fused-ring (bicyclic) bond motifs is 2. The van der Waals surface area contributed by atoms with E-state index in [-0.39, 0.29) is 53.2 Å². The van der Waals surface area contributed by atoms with Crippen LogP contribution in [0.15, 0.2) is 132 Å². The molecule has 7 N–H and O–H groups in total. The van der Waals surface area contributed by atoms with Crippen molar-refractivity contribution in [3.63, 3.8) is 0 Å². The summed E-state index contributed by atoms with van der Waals surface area (Å²) >= 11 is 6.33. The molecule has 4 heterocycles. The SMILES string of the molecule is CNC(=O)[C@@H](c1ccccc1)N(C)Cc1ccc(-c2cccc(-c3sccc3NC(=O)C(C)(C)CCOC(C)(S)CCC(=O)NCCN3CCN(c4ccc5nc(-c6c(N)c7c(F)cccc7[nH]c6=O)[nH]c5c4)CC3)c2)cc1. The molecule has 9 rings (SSSR count). The van der Waals surface area contributed by atoms with Crippen molar-refractivity contribution >= 4 is 80.7 Å². The Bertz CT molecular complexity index is 3480. The molecule has 406 valence electrons. The average Bonchev–Trinajstić information content (AvgIpc) is 4.18. The summed E-state index contributed by atoms with van der Waals surface area (Å²) in [5.41, 5.74) is 13.9. The van der Waals surface area contributed by atoms with Gasteiger partial charge in [-0.1, -0.05) is 92.7 Å². The number of ether oxygens (including phenoxy) is 1. The predicted molar refractivity (Wildman–Crippen MR) is 315 cm³/mol. The predicted octanol–water partition coefficient (Wildman–Crippen LogP) is 9.84. The van der Waals surface area contributed by atoms with E-state index >= 15 is 0 Å². The van der Waals surface area contributed by atoms with Crippen LogP contribution in [-0.4, -0.2) is 107 Å². The number of nitrogens with zero attached hydrogens (tertiary/aromatic N) is 4. The number of thiophene rings is 1. The van der Waals surface area contributed by atoms with E-state index in [1.807, 2.05) is 98.8 Å². The third kappa shape index (κ3) is 13.0. The van der Waals surface area contributed by atoms with Crippen LogP contribution in [0.1, 0.15) is 57.2 Å². The molecule has 1 fully saturated rings. The molecule has 1 saturated heterocycles. The normalized spacial score (nSPS) is 14.4. The first-order valence-electron chi connectivity index (χ1n) is 26.2. The second-order valence-electron chi connectivity index (χ2n) is 20.8. The van der Waals surface area contributed by atoms with Crippen LogP contribution in [-0.2, 0) is 25.7 Å². The summed E-state index contributed by atoms with van der Waals surface area (Å²) in [7, 11) is 3.62. The number of hydrogen-bond donors (Lipinski definition) is 7. The highest BCUT2D eigenvalue weighted by Crippen LogP contribution is 2.38. The monoisotopic (exact) mass is 1090 g/mol. The van der Waals surface area contributed by atoms with Crippen molar-refractivity contribution in [2.75, 3.05) is 75.9 Å². The molecule has 3 aromatic heterocycles. The van der Waals surface area contributed by atoms with Crippen molar-refractivity contribution in [3.05, 3.63) is 154 Å². The molecular formula is C60H67FN10O5S2. The number of amides is 3. The van der Waals surface area contributed by atoms with E-state index in [1.165, 1.54) is 12.1 Å². The lowest BCUT2D eigenvalue weighted by Crippen LogP contribution is -2.48. The van der Waals surface area contributed by atoms with Crippen molar-refractivity contribution in [1.82, 2.24) is 35.4 Å². The number of aromatic nitrogens is 3. The van der Waals surface area contributed by atoms with Gasteiger partial charge in [0, 0.05) is 77.0 Å². The molecule has 0 radical (unpaired) electrons. The Hall–Kier alpha value is -7.35. The first-order chi connectivity index (χ1) is 37.5. The van der Waals surface area contributed by atoms with Gasteiger partial charge in [-0.05, 0) is 102 Å². The van der Waals surface area contributed by atoms with Crippen LogP contribution in [0.4, 0.5) is 21.5 Å². The van der Waals surface area contributed by atoms with Crippen LogP contribution in [0, 0.1) is 11.2 Å². The molecule has 2 atom stereocenters. The second kappa shape index (κ2) is 24.1. The minimum atomic E-state index is -0.873. The van der Waals surface area contributed by atoms with Gasteiger partial charge in [0.15, 0.2) is 0 Å². The van der Waals surface area contributed by atoms with Gasteiger partial charge in [-0.3, -0.25) is 29.0 Å². The lowest BCUT2D eigenvalue weighted by atomic mass is 9.88. The fourth-order valence-electron chi connectivity index (χ4n) is 9.93. The molecule has 78 heavy (non-hydrogen) atoms. The number of piperazine rings is 1. The highest BCUT2D eigenvalue weighted by Gasteiger charge is 2.31. The number of likely N-dealkylation sites (N-methyl/N-ethyl adjacent to an activating group) is 2. The van der Waals surface area contributed by atoms with E-state index in [2.05, 4.69) is 83.2 Å². The molecule has 18 heteroatoms. The van der Waals surface area contributed by atoms with Crippen LogP contribution in [0.5, 0.6) is 0 Å². The Balaban J connectivity index is 0.691. The largest absolute Gasteiger partial charge is 0.397 e. The van der Waals surface area contributed by atoms with Crippen LogP contribution >= 0.6 is 24.0 Å². The summed E-state index contributed by atoms with van der Waals surface area (Å²) in [6.07, 6.45) is 1.09. The Labute approximate surface area is 463 Å². The molecule has 8 aromatic rings. The summed E-state index contributed by atoms with van der Waals surface area (Å²) in [4.78, 5) is 70.0. The maximum Gasteiger partial charge on any atom is 0.261 e. The Morgan fingerprint density at radius 3 is 2.37 bits per heavy atom. The number of nitrogen functional groups attached to an aromatic ring is 1. The Morgan fingerprint density at radius 1 is 0.872 bits per heavy atom. The average molecular weight is 1090 g/mol. The summed E-state index contributed by atoms with van der Waals surface area (Å²) in [6, 6.07) is 38.3. The summed E-state index contributed by atoms with van der Waals surface area (Å²) < 4.78 is 20.9. The van der Waals surface area contributed by atoms with E-state index in [9.17, 15) is 23.6 Å². The zero-order chi connectivity index (χ0) is 55.1. The third-order valence-corrected chi connectivity index (χ3v) is 15.9. The smallest absolute Gasteiger partial charge is 0.261 e.